The summed E-state index contributed by atoms with van der Waals surface area (Å²) >= 11 is 0. The van der Waals surface area contributed by atoms with Gasteiger partial charge in [0.15, 0.2) is 11.5 Å². The van der Waals surface area contributed by atoms with Crippen LogP contribution >= 0.6 is 0 Å². The highest BCUT2D eigenvalue weighted by atomic mass is 16.4. The van der Waals surface area contributed by atoms with Crippen molar-refractivity contribution in [3.63, 3.8) is 0 Å². The molecule has 1 atom stereocenters. The Kier molecular flexibility index (Phi) is 3.26. The number of nitrogens with zero attached hydrogens (tertiary/aromatic N) is 3. The molecular formula is C12H12N4O2. The zero-order valence-electron chi connectivity index (χ0n) is 9.79. The topological polar surface area (TPSA) is 95.0 Å². The fourth-order valence-electron chi connectivity index (χ4n) is 1.48. The highest BCUT2D eigenvalue weighted by molar-refractivity contribution is 5.47. The Morgan fingerprint density at radius 1 is 1.50 bits per heavy atom. The number of hydrogen-bond donors (Lipinski definition) is 2. The van der Waals surface area contributed by atoms with Crippen molar-refractivity contribution in [1.29, 1.82) is 5.26 Å². The number of nitriles is 1. The summed E-state index contributed by atoms with van der Waals surface area (Å²) < 4.78 is 5.15. The van der Waals surface area contributed by atoms with Crippen molar-refractivity contribution in [3.05, 3.63) is 42.2 Å². The molecule has 0 amide bonds. The first-order chi connectivity index (χ1) is 8.63. The number of furan rings is 1. The summed E-state index contributed by atoms with van der Waals surface area (Å²) in [6.07, 6.45) is 4.41. The highest BCUT2D eigenvalue weighted by Crippen LogP contribution is 2.21. The molecule has 92 valence electrons. The molecule has 6 nitrogen and oxygen atoms in total. The Hall–Kier alpha value is -2.39. The minimum atomic E-state index is -1.19. The van der Waals surface area contributed by atoms with Crippen molar-refractivity contribution < 1.29 is 9.52 Å². The lowest BCUT2D eigenvalue weighted by atomic mass is 10.0. The van der Waals surface area contributed by atoms with Gasteiger partial charge in [-0.15, -0.1) is 0 Å². The molecule has 18 heavy (non-hydrogen) atoms. The monoisotopic (exact) mass is 244 g/mol. The molecule has 0 aromatic carbocycles. The van der Waals surface area contributed by atoms with E-state index in [9.17, 15) is 5.11 Å². The Balaban J connectivity index is 2.10. The van der Waals surface area contributed by atoms with Crippen LogP contribution < -0.4 is 5.32 Å². The van der Waals surface area contributed by atoms with Gasteiger partial charge < -0.3 is 14.8 Å². The molecule has 0 spiro atoms. The Bertz CT molecular complexity index is 558. The van der Waals surface area contributed by atoms with Gasteiger partial charge in [-0.2, -0.15) is 5.26 Å². The zero-order valence-corrected chi connectivity index (χ0v) is 9.79. The van der Waals surface area contributed by atoms with Gasteiger partial charge in [0.1, 0.15) is 17.4 Å². The zero-order chi connectivity index (χ0) is 13.0. The standard InChI is InChI=1S/C12H12N4O2/c1-12(17,10-3-2-6-18-10)8-16-11-9(7-13)14-4-5-15-11/h2-6,17H,8H2,1H3,(H,15,16). The normalized spacial score (nSPS) is 13.6. The smallest absolute Gasteiger partial charge is 0.182 e. The fraction of sp³-hybridized carbons (Fsp3) is 0.250. The van der Waals surface area contributed by atoms with Gasteiger partial charge in [0, 0.05) is 12.4 Å². The van der Waals surface area contributed by atoms with E-state index in [4.69, 9.17) is 9.68 Å². The second-order valence-corrected chi connectivity index (χ2v) is 3.97. The molecule has 0 bridgehead atoms. The summed E-state index contributed by atoms with van der Waals surface area (Å²) in [5.74, 6) is 0.782. The maximum absolute atomic E-state index is 10.2. The maximum Gasteiger partial charge on any atom is 0.182 e. The molecule has 1 unspecified atom stereocenters. The average Bonchev–Trinajstić information content (AvgIpc) is 2.91. The summed E-state index contributed by atoms with van der Waals surface area (Å²) in [6, 6.07) is 5.31. The first-order valence-electron chi connectivity index (χ1n) is 5.35. The number of hydrogen-bond acceptors (Lipinski definition) is 6. The van der Waals surface area contributed by atoms with Gasteiger partial charge in [0.05, 0.1) is 12.8 Å². The third-order valence-corrected chi connectivity index (χ3v) is 2.46. The third-order valence-electron chi connectivity index (χ3n) is 2.46. The van der Waals surface area contributed by atoms with Gasteiger partial charge in [-0.1, -0.05) is 0 Å². The average molecular weight is 244 g/mol. The summed E-state index contributed by atoms with van der Waals surface area (Å²) in [6.45, 7) is 1.77. The molecule has 2 N–H and O–H groups in total. The van der Waals surface area contributed by atoms with Crippen LogP contribution in [-0.2, 0) is 5.60 Å². The van der Waals surface area contributed by atoms with E-state index in [0.717, 1.165) is 0 Å². The summed E-state index contributed by atoms with van der Waals surface area (Å²) in [5.41, 5.74) is -0.999. The molecule has 6 heteroatoms. The molecule has 0 saturated carbocycles. The molecule has 0 saturated heterocycles. The van der Waals surface area contributed by atoms with Crippen molar-refractivity contribution in [2.45, 2.75) is 12.5 Å². The van der Waals surface area contributed by atoms with Gasteiger partial charge in [0.25, 0.3) is 0 Å². The minimum Gasteiger partial charge on any atom is -0.466 e. The van der Waals surface area contributed by atoms with Crippen molar-refractivity contribution in [3.8, 4) is 6.07 Å². The Morgan fingerprint density at radius 2 is 2.28 bits per heavy atom. The van der Waals surface area contributed by atoms with Gasteiger partial charge in [-0.05, 0) is 19.1 Å². The number of anilines is 1. The first kappa shape index (κ1) is 12.1. The second-order valence-electron chi connectivity index (χ2n) is 3.97. The molecule has 2 aromatic heterocycles. The van der Waals surface area contributed by atoms with Crippen LogP contribution in [-0.4, -0.2) is 21.6 Å². The SMILES string of the molecule is CC(O)(CNc1nccnc1C#N)c1ccco1. The van der Waals surface area contributed by atoms with E-state index in [2.05, 4.69) is 15.3 Å². The molecule has 2 aromatic rings. The predicted octanol–water partition coefficient (Wildman–Crippen LogP) is 1.26. The van der Waals surface area contributed by atoms with Crippen LogP contribution in [0, 0.1) is 11.3 Å². The molecule has 2 rings (SSSR count). The van der Waals surface area contributed by atoms with Gasteiger partial charge in [-0.3, -0.25) is 0 Å². The number of rotatable bonds is 4. The van der Waals surface area contributed by atoms with Crippen LogP contribution in [0.15, 0.2) is 35.2 Å². The fourth-order valence-corrected chi connectivity index (χ4v) is 1.48. The van der Waals surface area contributed by atoms with Crippen LogP contribution in [0.5, 0.6) is 0 Å². The number of nitrogens with one attached hydrogen (secondary N) is 1. The summed E-state index contributed by atoms with van der Waals surface area (Å²) in [7, 11) is 0. The molecule has 0 aliphatic heterocycles. The Morgan fingerprint density at radius 3 is 2.94 bits per heavy atom. The molecule has 0 fully saturated rings. The van der Waals surface area contributed by atoms with Crippen molar-refractivity contribution in [1.82, 2.24) is 9.97 Å². The first-order valence-corrected chi connectivity index (χ1v) is 5.35. The van der Waals surface area contributed by atoms with Crippen molar-refractivity contribution >= 4 is 5.82 Å². The maximum atomic E-state index is 10.2. The van der Waals surface area contributed by atoms with E-state index in [-0.39, 0.29) is 12.2 Å². The highest BCUT2D eigenvalue weighted by Gasteiger charge is 2.26. The van der Waals surface area contributed by atoms with Gasteiger partial charge in [-0.25, -0.2) is 9.97 Å². The van der Waals surface area contributed by atoms with Crippen LogP contribution in [0.1, 0.15) is 18.4 Å². The predicted molar refractivity (Wildman–Crippen MR) is 63.5 cm³/mol. The van der Waals surface area contributed by atoms with Crippen molar-refractivity contribution in [2.75, 3.05) is 11.9 Å². The lowest BCUT2D eigenvalue weighted by molar-refractivity contribution is 0.0475. The van der Waals surface area contributed by atoms with Gasteiger partial charge in [0.2, 0.25) is 0 Å². The largest absolute Gasteiger partial charge is 0.466 e. The van der Waals surface area contributed by atoms with Crippen LogP contribution in [0.25, 0.3) is 0 Å². The summed E-state index contributed by atoms with van der Waals surface area (Å²) in [5, 5.41) is 22.0. The van der Waals surface area contributed by atoms with E-state index >= 15 is 0 Å². The summed E-state index contributed by atoms with van der Waals surface area (Å²) in [4.78, 5) is 7.87. The molecule has 0 aliphatic rings. The number of aliphatic hydroxyl groups is 1. The minimum absolute atomic E-state index is 0.161. The third kappa shape index (κ3) is 2.47. The van der Waals surface area contributed by atoms with Crippen molar-refractivity contribution in [2.24, 2.45) is 0 Å². The lowest BCUT2D eigenvalue weighted by Crippen LogP contribution is -2.30. The Labute approximate surface area is 104 Å². The van der Waals surface area contributed by atoms with Gasteiger partial charge >= 0.3 is 0 Å². The van der Waals surface area contributed by atoms with Crippen LogP contribution in [0.3, 0.4) is 0 Å². The van der Waals surface area contributed by atoms with Crippen LogP contribution in [0.2, 0.25) is 0 Å². The quantitative estimate of drug-likeness (QED) is 0.840. The molecule has 2 heterocycles. The molecule has 0 aliphatic carbocycles. The van der Waals surface area contributed by atoms with E-state index in [1.54, 1.807) is 19.1 Å². The molecule has 0 radical (unpaired) electrons. The van der Waals surface area contributed by atoms with Crippen LogP contribution in [0.4, 0.5) is 5.82 Å². The van der Waals surface area contributed by atoms with E-state index in [1.165, 1.54) is 18.7 Å². The number of aromatic nitrogens is 2. The van der Waals surface area contributed by atoms with E-state index < -0.39 is 5.60 Å². The molecular weight excluding hydrogens is 232 g/mol. The second kappa shape index (κ2) is 4.85. The van der Waals surface area contributed by atoms with E-state index in [0.29, 0.717) is 11.6 Å². The van der Waals surface area contributed by atoms with E-state index in [1.807, 2.05) is 6.07 Å². The lowest BCUT2D eigenvalue weighted by Gasteiger charge is -2.21.